The lowest BCUT2D eigenvalue weighted by Crippen LogP contribution is -2.34. The highest BCUT2D eigenvalue weighted by atomic mass is 16.5. The van der Waals surface area contributed by atoms with Gasteiger partial charge >= 0.3 is 0 Å². The van der Waals surface area contributed by atoms with Crippen LogP contribution in [-0.4, -0.2) is 26.3 Å². The van der Waals surface area contributed by atoms with E-state index in [1.54, 1.807) is 7.11 Å². The zero-order valence-electron chi connectivity index (χ0n) is 10.3. The van der Waals surface area contributed by atoms with E-state index in [1.807, 2.05) is 0 Å². The fourth-order valence-corrected chi connectivity index (χ4v) is 1.56. The number of unbranched alkanes of at least 4 members (excludes halogenated alkanes) is 2. The van der Waals surface area contributed by atoms with E-state index in [-0.39, 0.29) is 0 Å². The Bertz CT molecular complexity index is 103. The summed E-state index contributed by atoms with van der Waals surface area (Å²) in [4.78, 5) is 0. The van der Waals surface area contributed by atoms with E-state index in [4.69, 9.17) is 4.74 Å². The van der Waals surface area contributed by atoms with Crippen molar-refractivity contribution in [3.05, 3.63) is 0 Å². The average molecular weight is 201 g/mol. The number of rotatable bonds is 9. The largest absolute Gasteiger partial charge is 0.383 e. The van der Waals surface area contributed by atoms with E-state index in [0.717, 1.165) is 19.1 Å². The zero-order chi connectivity index (χ0) is 10.8. The highest BCUT2D eigenvalue weighted by Crippen LogP contribution is 2.12. The number of ether oxygens (including phenoxy) is 1. The Balaban J connectivity index is 3.39. The van der Waals surface area contributed by atoms with Gasteiger partial charge in [-0.2, -0.15) is 0 Å². The van der Waals surface area contributed by atoms with Crippen LogP contribution in [0.15, 0.2) is 0 Å². The Morgan fingerprint density at radius 2 is 1.93 bits per heavy atom. The van der Waals surface area contributed by atoms with Crippen molar-refractivity contribution in [3.8, 4) is 0 Å². The van der Waals surface area contributed by atoms with E-state index >= 15 is 0 Å². The van der Waals surface area contributed by atoms with Gasteiger partial charge in [0.2, 0.25) is 0 Å². The smallest absolute Gasteiger partial charge is 0.0587 e. The maximum atomic E-state index is 5.01. The monoisotopic (exact) mass is 201 g/mol. The molecule has 0 heterocycles. The molecular weight excluding hydrogens is 174 g/mol. The van der Waals surface area contributed by atoms with E-state index in [9.17, 15) is 0 Å². The van der Waals surface area contributed by atoms with Crippen molar-refractivity contribution in [3.63, 3.8) is 0 Å². The average Bonchev–Trinajstić information content (AvgIpc) is 2.18. The third kappa shape index (κ3) is 7.34. The van der Waals surface area contributed by atoms with Crippen LogP contribution < -0.4 is 5.32 Å². The van der Waals surface area contributed by atoms with E-state index < -0.39 is 0 Å². The van der Waals surface area contributed by atoms with Gasteiger partial charge in [0, 0.05) is 19.7 Å². The van der Waals surface area contributed by atoms with E-state index in [1.165, 1.54) is 25.7 Å². The van der Waals surface area contributed by atoms with Crippen LogP contribution in [-0.2, 0) is 4.74 Å². The highest BCUT2D eigenvalue weighted by Gasteiger charge is 2.10. The van der Waals surface area contributed by atoms with Crippen LogP contribution in [0.3, 0.4) is 0 Å². The van der Waals surface area contributed by atoms with Crippen molar-refractivity contribution in [2.45, 2.75) is 52.5 Å². The minimum atomic E-state index is 0.613. The van der Waals surface area contributed by atoms with Crippen molar-refractivity contribution < 1.29 is 4.74 Å². The van der Waals surface area contributed by atoms with Crippen molar-refractivity contribution in [2.24, 2.45) is 5.92 Å². The first-order valence-electron chi connectivity index (χ1n) is 5.94. The third-order valence-corrected chi connectivity index (χ3v) is 2.89. The Morgan fingerprint density at radius 1 is 1.21 bits per heavy atom. The number of hydrogen-bond donors (Lipinski definition) is 1. The minimum absolute atomic E-state index is 0.613. The van der Waals surface area contributed by atoms with Gasteiger partial charge in [0.05, 0.1) is 6.61 Å². The molecular formula is C12H27NO. The van der Waals surface area contributed by atoms with Gasteiger partial charge in [0.25, 0.3) is 0 Å². The van der Waals surface area contributed by atoms with Crippen LogP contribution in [0.25, 0.3) is 0 Å². The second kappa shape index (κ2) is 9.47. The topological polar surface area (TPSA) is 21.3 Å². The first-order chi connectivity index (χ1) is 6.72. The molecule has 2 nitrogen and oxygen atoms in total. The lowest BCUT2D eigenvalue weighted by atomic mass is 9.96. The molecule has 0 aliphatic heterocycles. The number of hydrogen-bond acceptors (Lipinski definition) is 2. The maximum Gasteiger partial charge on any atom is 0.0587 e. The molecule has 0 saturated carbocycles. The van der Waals surface area contributed by atoms with Gasteiger partial charge in [-0.1, -0.05) is 33.1 Å². The summed E-state index contributed by atoms with van der Waals surface area (Å²) in [6, 6.07) is 0.613. The normalized spacial score (nSPS) is 15.4. The second-order valence-electron chi connectivity index (χ2n) is 4.21. The molecule has 0 spiro atoms. The molecule has 2 unspecified atom stereocenters. The lowest BCUT2D eigenvalue weighted by molar-refractivity contribution is 0.192. The Hall–Kier alpha value is -0.0800. The molecule has 14 heavy (non-hydrogen) atoms. The number of methoxy groups -OCH3 is 1. The predicted octanol–water partition coefficient (Wildman–Crippen LogP) is 2.83. The summed E-state index contributed by atoms with van der Waals surface area (Å²) in [6.07, 6.45) is 5.40. The van der Waals surface area contributed by atoms with Gasteiger partial charge in [-0.15, -0.1) is 0 Å². The molecule has 1 N–H and O–H groups in total. The first-order valence-corrected chi connectivity index (χ1v) is 5.94. The van der Waals surface area contributed by atoms with Crippen molar-refractivity contribution in [1.29, 1.82) is 0 Å². The molecule has 0 fully saturated rings. The summed E-state index contributed by atoms with van der Waals surface area (Å²) in [7, 11) is 1.75. The van der Waals surface area contributed by atoms with Gasteiger partial charge in [-0.25, -0.2) is 0 Å². The molecule has 0 aliphatic carbocycles. The van der Waals surface area contributed by atoms with E-state index in [2.05, 4.69) is 26.1 Å². The maximum absolute atomic E-state index is 5.01. The Labute approximate surface area is 89.4 Å². The van der Waals surface area contributed by atoms with Crippen LogP contribution in [0.1, 0.15) is 46.5 Å². The van der Waals surface area contributed by atoms with Crippen LogP contribution in [0, 0.1) is 5.92 Å². The molecule has 2 atom stereocenters. The van der Waals surface area contributed by atoms with Gasteiger partial charge in [-0.05, 0) is 19.3 Å². The molecule has 0 saturated heterocycles. The summed E-state index contributed by atoms with van der Waals surface area (Å²) in [5.74, 6) is 0.776. The highest BCUT2D eigenvalue weighted by molar-refractivity contribution is 4.68. The standard InChI is InChI=1S/C12H27NO/c1-5-6-7-8-11(2)12(3)13-9-10-14-4/h11-13H,5-10H2,1-4H3. The van der Waals surface area contributed by atoms with Gasteiger partial charge < -0.3 is 10.1 Å². The van der Waals surface area contributed by atoms with Gasteiger partial charge in [0.1, 0.15) is 0 Å². The molecule has 0 aromatic rings. The molecule has 0 rings (SSSR count). The molecule has 2 heteroatoms. The van der Waals surface area contributed by atoms with Crippen LogP contribution in [0.4, 0.5) is 0 Å². The fourth-order valence-electron chi connectivity index (χ4n) is 1.56. The molecule has 0 aromatic carbocycles. The zero-order valence-corrected chi connectivity index (χ0v) is 10.3. The molecule has 0 aliphatic rings. The van der Waals surface area contributed by atoms with E-state index in [0.29, 0.717) is 6.04 Å². The summed E-state index contributed by atoms with van der Waals surface area (Å²) >= 11 is 0. The van der Waals surface area contributed by atoms with Gasteiger partial charge in [-0.3, -0.25) is 0 Å². The summed E-state index contributed by atoms with van der Waals surface area (Å²) in [5, 5.41) is 3.49. The summed E-state index contributed by atoms with van der Waals surface area (Å²) in [5.41, 5.74) is 0. The second-order valence-corrected chi connectivity index (χ2v) is 4.21. The molecule has 0 radical (unpaired) electrons. The van der Waals surface area contributed by atoms with Crippen molar-refractivity contribution >= 4 is 0 Å². The third-order valence-electron chi connectivity index (χ3n) is 2.89. The molecule has 0 bridgehead atoms. The quantitative estimate of drug-likeness (QED) is 0.579. The van der Waals surface area contributed by atoms with Crippen LogP contribution in [0.2, 0.25) is 0 Å². The summed E-state index contributed by atoms with van der Waals surface area (Å²) < 4.78 is 5.01. The van der Waals surface area contributed by atoms with Crippen molar-refractivity contribution in [2.75, 3.05) is 20.3 Å². The van der Waals surface area contributed by atoms with Crippen LogP contribution in [0.5, 0.6) is 0 Å². The first kappa shape index (κ1) is 13.9. The minimum Gasteiger partial charge on any atom is -0.383 e. The Morgan fingerprint density at radius 3 is 2.50 bits per heavy atom. The van der Waals surface area contributed by atoms with Crippen molar-refractivity contribution in [1.82, 2.24) is 5.32 Å². The molecule has 0 amide bonds. The Kier molecular flexibility index (Phi) is 9.42. The number of nitrogens with one attached hydrogen (secondary N) is 1. The van der Waals surface area contributed by atoms with Gasteiger partial charge in [0.15, 0.2) is 0 Å². The summed E-state index contributed by atoms with van der Waals surface area (Å²) in [6.45, 7) is 8.64. The van der Waals surface area contributed by atoms with Crippen LogP contribution >= 0.6 is 0 Å². The lowest BCUT2D eigenvalue weighted by Gasteiger charge is -2.21. The SMILES string of the molecule is CCCCCC(C)C(C)NCCOC. The molecule has 86 valence electrons. The fraction of sp³-hybridized carbons (Fsp3) is 1.00. The molecule has 0 aromatic heterocycles. The predicted molar refractivity (Wildman–Crippen MR) is 62.6 cm³/mol.